The second kappa shape index (κ2) is 8.09. The van der Waals surface area contributed by atoms with Gasteiger partial charge in [-0.2, -0.15) is 5.26 Å². The summed E-state index contributed by atoms with van der Waals surface area (Å²) in [5, 5.41) is 8.95. The molecule has 0 fully saturated rings. The highest BCUT2D eigenvalue weighted by atomic mass is 16.5. The lowest BCUT2D eigenvalue weighted by Crippen LogP contribution is -2.11. The highest BCUT2D eigenvalue weighted by Crippen LogP contribution is 2.28. The third-order valence-corrected chi connectivity index (χ3v) is 3.37. The zero-order valence-corrected chi connectivity index (χ0v) is 13.8. The largest absolute Gasteiger partial charge is 0.490 e. The van der Waals surface area contributed by atoms with E-state index in [1.165, 1.54) is 0 Å². The first-order valence-electron chi connectivity index (χ1n) is 7.64. The smallest absolute Gasteiger partial charge is 0.162 e. The minimum absolute atomic E-state index is 0.403. The van der Waals surface area contributed by atoms with Crippen molar-refractivity contribution in [2.75, 3.05) is 19.8 Å². The van der Waals surface area contributed by atoms with Crippen LogP contribution in [0.25, 0.3) is 0 Å². The van der Waals surface area contributed by atoms with E-state index in [1.54, 1.807) is 18.2 Å². The van der Waals surface area contributed by atoms with Crippen molar-refractivity contribution >= 4 is 0 Å². The van der Waals surface area contributed by atoms with Crippen LogP contribution in [0.5, 0.6) is 17.2 Å². The lowest BCUT2D eigenvalue weighted by atomic mass is 10.1. The lowest BCUT2D eigenvalue weighted by molar-refractivity contribution is 0.207. The Bertz CT molecular complexity index is 684. The minimum Gasteiger partial charge on any atom is -0.490 e. The first kappa shape index (κ1) is 16.7. The SMILES string of the molecule is CCOc1cc(C#N)ccc1OCCOc1c(C)cccc1C. The molecule has 4 nitrogen and oxygen atoms in total. The van der Waals surface area contributed by atoms with E-state index in [2.05, 4.69) is 6.07 Å². The predicted molar refractivity (Wildman–Crippen MR) is 89.2 cm³/mol. The second-order valence-electron chi connectivity index (χ2n) is 5.12. The quantitative estimate of drug-likeness (QED) is 0.724. The third-order valence-electron chi connectivity index (χ3n) is 3.37. The van der Waals surface area contributed by atoms with Crippen molar-refractivity contribution in [2.24, 2.45) is 0 Å². The Kier molecular flexibility index (Phi) is 5.87. The molecular formula is C19H21NO3. The fourth-order valence-corrected chi connectivity index (χ4v) is 2.29. The zero-order valence-electron chi connectivity index (χ0n) is 13.8. The molecule has 0 aromatic heterocycles. The lowest BCUT2D eigenvalue weighted by Gasteiger charge is -2.14. The summed E-state index contributed by atoms with van der Waals surface area (Å²) in [6, 6.07) is 13.3. The number of nitriles is 1. The van der Waals surface area contributed by atoms with Gasteiger partial charge in [0.2, 0.25) is 0 Å². The van der Waals surface area contributed by atoms with Crippen molar-refractivity contribution < 1.29 is 14.2 Å². The molecule has 2 aromatic carbocycles. The number of hydrogen-bond acceptors (Lipinski definition) is 4. The third kappa shape index (κ3) is 4.40. The number of benzene rings is 2. The maximum Gasteiger partial charge on any atom is 0.162 e. The second-order valence-corrected chi connectivity index (χ2v) is 5.12. The normalized spacial score (nSPS) is 10.0. The molecule has 120 valence electrons. The number of nitrogens with zero attached hydrogens (tertiary/aromatic N) is 1. The number of hydrogen-bond donors (Lipinski definition) is 0. The fraction of sp³-hybridized carbons (Fsp3) is 0.316. The van der Waals surface area contributed by atoms with Gasteiger partial charge in [0.25, 0.3) is 0 Å². The molecule has 0 aliphatic carbocycles. The molecule has 0 atom stereocenters. The molecule has 23 heavy (non-hydrogen) atoms. The first-order valence-corrected chi connectivity index (χ1v) is 7.64. The van der Waals surface area contributed by atoms with Gasteiger partial charge in [-0.05, 0) is 44.0 Å². The summed E-state index contributed by atoms with van der Waals surface area (Å²) in [6.45, 7) is 7.31. The molecule has 0 unspecified atom stereocenters. The van der Waals surface area contributed by atoms with Crippen molar-refractivity contribution in [3.05, 3.63) is 53.1 Å². The van der Waals surface area contributed by atoms with E-state index in [0.29, 0.717) is 36.9 Å². The van der Waals surface area contributed by atoms with Crippen molar-refractivity contribution in [3.8, 4) is 23.3 Å². The van der Waals surface area contributed by atoms with Gasteiger partial charge in [-0.3, -0.25) is 0 Å². The Morgan fingerprint density at radius 1 is 0.913 bits per heavy atom. The molecule has 0 heterocycles. The van der Waals surface area contributed by atoms with Gasteiger partial charge >= 0.3 is 0 Å². The zero-order chi connectivity index (χ0) is 16.7. The number of rotatable bonds is 7. The minimum atomic E-state index is 0.403. The summed E-state index contributed by atoms with van der Waals surface area (Å²) in [7, 11) is 0. The molecule has 0 amide bonds. The van der Waals surface area contributed by atoms with Crippen molar-refractivity contribution in [1.29, 1.82) is 5.26 Å². The molecule has 2 aromatic rings. The summed E-state index contributed by atoms with van der Waals surface area (Å²) in [6.07, 6.45) is 0. The van der Waals surface area contributed by atoms with E-state index in [-0.39, 0.29) is 0 Å². The van der Waals surface area contributed by atoms with Crippen LogP contribution in [-0.2, 0) is 0 Å². The molecule has 0 bridgehead atoms. The van der Waals surface area contributed by atoms with Crippen molar-refractivity contribution in [1.82, 2.24) is 0 Å². The summed E-state index contributed by atoms with van der Waals surface area (Å²) in [5.41, 5.74) is 2.77. The van der Waals surface area contributed by atoms with Crippen LogP contribution in [0.4, 0.5) is 0 Å². The maximum absolute atomic E-state index is 8.95. The van der Waals surface area contributed by atoms with Crippen molar-refractivity contribution in [2.45, 2.75) is 20.8 Å². The molecule has 0 N–H and O–H groups in total. The molecule has 4 heteroatoms. The highest BCUT2D eigenvalue weighted by molar-refractivity contribution is 5.46. The average molecular weight is 311 g/mol. The standard InChI is InChI=1S/C19H21NO3/c1-4-21-18-12-16(13-20)8-9-17(18)22-10-11-23-19-14(2)6-5-7-15(19)3/h5-9,12H,4,10-11H2,1-3H3. The van der Waals surface area contributed by atoms with Crippen LogP contribution in [0.1, 0.15) is 23.6 Å². The van der Waals surface area contributed by atoms with E-state index >= 15 is 0 Å². The molecule has 0 spiro atoms. The molecule has 2 rings (SSSR count). The molecule has 0 saturated heterocycles. The summed E-state index contributed by atoms with van der Waals surface area (Å²) >= 11 is 0. The van der Waals surface area contributed by atoms with Crippen LogP contribution in [0.2, 0.25) is 0 Å². The molecule has 0 saturated carbocycles. The average Bonchev–Trinajstić information content (AvgIpc) is 2.55. The summed E-state index contributed by atoms with van der Waals surface area (Å²) in [5.74, 6) is 2.11. The number of ether oxygens (including phenoxy) is 3. The van der Waals surface area contributed by atoms with Gasteiger partial charge in [-0.1, -0.05) is 18.2 Å². The summed E-state index contributed by atoms with van der Waals surface area (Å²) < 4.78 is 17.1. The Morgan fingerprint density at radius 3 is 2.26 bits per heavy atom. The van der Waals surface area contributed by atoms with Gasteiger partial charge in [0, 0.05) is 6.07 Å². The van der Waals surface area contributed by atoms with Crippen LogP contribution < -0.4 is 14.2 Å². The van der Waals surface area contributed by atoms with Crippen LogP contribution in [0, 0.1) is 25.2 Å². The Labute approximate surface area is 137 Å². The van der Waals surface area contributed by atoms with Crippen molar-refractivity contribution in [3.63, 3.8) is 0 Å². The number of aryl methyl sites for hydroxylation is 2. The monoisotopic (exact) mass is 311 g/mol. The van der Waals surface area contributed by atoms with E-state index in [1.807, 2.05) is 39.0 Å². The van der Waals surface area contributed by atoms with E-state index in [4.69, 9.17) is 19.5 Å². The fourth-order valence-electron chi connectivity index (χ4n) is 2.29. The van der Waals surface area contributed by atoms with E-state index < -0.39 is 0 Å². The topological polar surface area (TPSA) is 51.5 Å². The van der Waals surface area contributed by atoms with Crippen LogP contribution in [-0.4, -0.2) is 19.8 Å². The molecule has 0 radical (unpaired) electrons. The maximum atomic E-state index is 8.95. The van der Waals surface area contributed by atoms with Crippen LogP contribution in [0.3, 0.4) is 0 Å². The van der Waals surface area contributed by atoms with E-state index in [9.17, 15) is 0 Å². The Morgan fingerprint density at radius 2 is 1.61 bits per heavy atom. The van der Waals surface area contributed by atoms with Gasteiger partial charge in [0.1, 0.15) is 19.0 Å². The van der Waals surface area contributed by atoms with Crippen LogP contribution in [0.15, 0.2) is 36.4 Å². The van der Waals surface area contributed by atoms with Gasteiger partial charge in [-0.15, -0.1) is 0 Å². The Balaban J connectivity index is 1.95. The van der Waals surface area contributed by atoms with Gasteiger partial charge in [0.15, 0.2) is 11.5 Å². The molecule has 0 aliphatic heterocycles. The highest BCUT2D eigenvalue weighted by Gasteiger charge is 2.07. The van der Waals surface area contributed by atoms with Gasteiger partial charge in [0.05, 0.1) is 18.2 Å². The number of para-hydroxylation sites is 1. The van der Waals surface area contributed by atoms with Gasteiger partial charge < -0.3 is 14.2 Å². The molecule has 0 aliphatic rings. The summed E-state index contributed by atoms with van der Waals surface area (Å²) in [4.78, 5) is 0. The van der Waals surface area contributed by atoms with Gasteiger partial charge in [-0.25, -0.2) is 0 Å². The van der Waals surface area contributed by atoms with Crippen LogP contribution >= 0.6 is 0 Å². The first-order chi connectivity index (χ1) is 11.2. The predicted octanol–water partition coefficient (Wildman–Crippen LogP) is 4.03. The Hall–Kier alpha value is -2.67. The van der Waals surface area contributed by atoms with E-state index in [0.717, 1.165) is 16.9 Å². The molecular weight excluding hydrogens is 290 g/mol.